The van der Waals surface area contributed by atoms with E-state index in [1.165, 1.54) is 5.19 Å². The molecule has 3 heterocycles. The number of piperidine rings is 1. The van der Waals surface area contributed by atoms with Crippen LogP contribution < -0.4 is 25.5 Å². The lowest BCUT2D eigenvalue weighted by atomic mass is 9.82. The van der Waals surface area contributed by atoms with Crippen molar-refractivity contribution in [3.8, 4) is 5.75 Å². The molecule has 5 atom stereocenters. The summed E-state index contributed by atoms with van der Waals surface area (Å²) in [5.41, 5.74) is 2.35. The van der Waals surface area contributed by atoms with Crippen LogP contribution in [0.5, 0.6) is 5.75 Å². The summed E-state index contributed by atoms with van der Waals surface area (Å²) in [6.45, 7) is 8.85. The lowest BCUT2D eigenvalue weighted by molar-refractivity contribution is -0.146. The number of hydrogen-bond acceptors (Lipinski definition) is 6. The molecule has 2 saturated heterocycles. The maximum Gasteiger partial charge on any atom is 0.264 e. The van der Waals surface area contributed by atoms with Gasteiger partial charge in [0.25, 0.3) is 5.91 Å². The van der Waals surface area contributed by atoms with E-state index in [4.69, 9.17) is 9.47 Å². The van der Waals surface area contributed by atoms with Crippen LogP contribution in [0.25, 0.3) is 0 Å². The van der Waals surface area contributed by atoms with Gasteiger partial charge in [0.2, 0.25) is 5.91 Å². The molecule has 1 spiro atoms. The van der Waals surface area contributed by atoms with Gasteiger partial charge in [0.15, 0.2) is 5.60 Å². The predicted molar refractivity (Wildman–Crippen MR) is 180 cm³/mol. The Balaban J connectivity index is 1.31. The Labute approximate surface area is 267 Å². The highest BCUT2D eigenvalue weighted by molar-refractivity contribution is 6.91. The zero-order valence-corrected chi connectivity index (χ0v) is 27.7. The van der Waals surface area contributed by atoms with E-state index in [-0.39, 0.29) is 41.9 Å². The molecule has 0 saturated carbocycles. The maximum absolute atomic E-state index is 14.8. The van der Waals surface area contributed by atoms with Crippen molar-refractivity contribution in [1.29, 1.82) is 0 Å². The first-order valence-electron chi connectivity index (χ1n) is 16.2. The number of methoxy groups -OCH3 is 1. The highest BCUT2D eigenvalue weighted by atomic mass is 28.3. The molecular weight excluding hydrogens is 582 g/mol. The van der Waals surface area contributed by atoms with Gasteiger partial charge < -0.3 is 30.1 Å². The second kappa shape index (κ2) is 12.7. The Morgan fingerprint density at radius 2 is 1.91 bits per heavy atom. The fourth-order valence-electron chi connectivity index (χ4n) is 8.07. The minimum Gasteiger partial charge on any atom is -0.497 e. The number of nitrogens with zero attached hydrogens (tertiary/aromatic N) is 1. The lowest BCUT2D eigenvalue weighted by Gasteiger charge is -2.37. The van der Waals surface area contributed by atoms with Crippen molar-refractivity contribution in [2.75, 3.05) is 37.0 Å². The number of carbonyl (C=O) groups is 2. The zero-order valence-electron chi connectivity index (χ0n) is 26.7. The third kappa shape index (κ3) is 5.60. The third-order valence-electron chi connectivity index (χ3n) is 10.4. The van der Waals surface area contributed by atoms with Gasteiger partial charge >= 0.3 is 0 Å². The molecule has 3 N–H and O–H groups in total. The molecule has 3 aromatic carbocycles. The summed E-state index contributed by atoms with van der Waals surface area (Å²) in [6.07, 6.45) is 2.08. The van der Waals surface area contributed by atoms with E-state index >= 15 is 0 Å². The molecule has 45 heavy (non-hydrogen) atoms. The van der Waals surface area contributed by atoms with Crippen molar-refractivity contribution < 1.29 is 24.2 Å². The molecule has 9 heteroatoms. The van der Waals surface area contributed by atoms with Crippen LogP contribution in [-0.2, 0) is 26.5 Å². The van der Waals surface area contributed by atoms with Gasteiger partial charge in [-0.3, -0.25) is 9.59 Å². The summed E-state index contributed by atoms with van der Waals surface area (Å²) in [4.78, 5) is 29.5. The van der Waals surface area contributed by atoms with Crippen LogP contribution in [0, 0.1) is 11.8 Å². The number of para-hydroxylation sites is 1. The normalized spacial score (nSPS) is 26.2. The minimum absolute atomic E-state index is 0.00789. The summed E-state index contributed by atoms with van der Waals surface area (Å²) in [5.74, 6) is 0.613. The van der Waals surface area contributed by atoms with Crippen molar-refractivity contribution in [3.05, 3.63) is 83.9 Å². The van der Waals surface area contributed by atoms with Crippen LogP contribution in [-0.4, -0.2) is 57.9 Å². The Morgan fingerprint density at radius 1 is 1.13 bits per heavy atom. The molecule has 8 nitrogen and oxygen atoms in total. The van der Waals surface area contributed by atoms with E-state index in [0.717, 1.165) is 47.6 Å². The molecule has 3 aromatic rings. The van der Waals surface area contributed by atoms with Gasteiger partial charge in [0.1, 0.15) is 5.75 Å². The average molecular weight is 628 g/mol. The highest BCUT2D eigenvalue weighted by Crippen LogP contribution is 2.60. The molecule has 0 bridgehead atoms. The molecule has 3 aliphatic heterocycles. The molecular formula is C36H45N3O5Si. The van der Waals surface area contributed by atoms with Crippen LogP contribution in [0.15, 0.2) is 72.8 Å². The molecule has 0 aromatic heterocycles. The van der Waals surface area contributed by atoms with Crippen LogP contribution >= 0.6 is 0 Å². The Hall–Kier alpha value is -3.50. The van der Waals surface area contributed by atoms with E-state index in [9.17, 15) is 14.7 Å². The third-order valence-corrected chi connectivity index (χ3v) is 14.7. The van der Waals surface area contributed by atoms with Gasteiger partial charge in [-0.2, -0.15) is 0 Å². The van der Waals surface area contributed by atoms with E-state index in [0.29, 0.717) is 19.5 Å². The van der Waals surface area contributed by atoms with Crippen molar-refractivity contribution in [1.82, 2.24) is 5.32 Å². The molecule has 2 amide bonds. The van der Waals surface area contributed by atoms with E-state index < -0.39 is 13.7 Å². The number of fused-ring (bicyclic) bond motifs is 2. The number of hydrogen-bond donors (Lipinski definition) is 3. The van der Waals surface area contributed by atoms with Gasteiger partial charge in [-0.05, 0) is 67.2 Å². The van der Waals surface area contributed by atoms with Crippen LogP contribution in [0.4, 0.5) is 11.4 Å². The molecule has 1 unspecified atom stereocenters. The van der Waals surface area contributed by atoms with Gasteiger partial charge in [-0.25, -0.2) is 0 Å². The first kappa shape index (κ1) is 31.5. The summed E-state index contributed by atoms with van der Waals surface area (Å²) in [5, 5.41) is 17.8. The number of rotatable bonds is 9. The van der Waals surface area contributed by atoms with Crippen LogP contribution in [0.3, 0.4) is 0 Å². The number of aliphatic hydroxyl groups is 1. The fraction of sp³-hybridized carbons (Fsp3) is 0.444. The first-order valence-corrected chi connectivity index (χ1v) is 19.2. The standard InChI is InChI=1S/C36H45N3O5Si/c1-24-33(45(3,4)29-16-14-28(43-2)15-17-29)32(18-20-40)44-36(24)30-12-5-6-13-31(30)39(35(36)42)23-25-9-7-11-27(21-25)38-34(41)26-10-8-19-37-22-26/h5-7,9,11-17,21,24,26,32-33,37,40H,8,10,18-20,22-23H2,1-4H3,(H,38,41)/t24-,26?,32+,33-,36+/m0/s1. The minimum atomic E-state index is -2.23. The SMILES string of the molecule is COc1ccc([Si](C)(C)[C@@H]2[C@@H](CCO)O[C@]3(C(=O)N(Cc4cccc(NC(=O)C5CCCNC5)c4)c4ccccc43)[C@H]2C)cc1. The fourth-order valence-corrected chi connectivity index (χ4v) is 12.1. The molecule has 0 radical (unpaired) electrons. The summed E-state index contributed by atoms with van der Waals surface area (Å²) in [6, 6.07) is 24.0. The number of benzene rings is 3. The lowest BCUT2D eigenvalue weighted by Crippen LogP contribution is -2.51. The van der Waals surface area contributed by atoms with Gasteiger partial charge in [0, 0.05) is 30.3 Å². The topological polar surface area (TPSA) is 100 Å². The average Bonchev–Trinajstić information content (AvgIpc) is 3.48. The molecule has 2 fully saturated rings. The molecule has 6 rings (SSSR count). The Morgan fingerprint density at radius 3 is 2.62 bits per heavy atom. The summed E-state index contributed by atoms with van der Waals surface area (Å²) in [7, 11) is -0.562. The van der Waals surface area contributed by atoms with E-state index in [1.54, 1.807) is 7.11 Å². The van der Waals surface area contributed by atoms with Crippen molar-refractivity contribution in [2.24, 2.45) is 11.8 Å². The number of carbonyl (C=O) groups excluding carboxylic acids is 2. The second-order valence-electron chi connectivity index (χ2n) is 13.3. The molecule has 0 aliphatic carbocycles. The van der Waals surface area contributed by atoms with E-state index in [2.05, 4.69) is 42.8 Å². The smallest absolute Gasteiger partial charge is 0.264 e. The first-order chi connectivity index (χ1) is 21.7. The largest absolute Gasteiger partial charge is 0.497 e. The number of ether oxygens (including phenoxy) is 2. The second-order valence-corrected chi connectivity index (χ2v) is 18.0. The number of aliphatic hydroxyl groups excluding tert-OH is 1. The predicted octanol–water partition coefficient (Wildman–Crippen LogP) is 4.78. The zero-order chi connectivity index (χ0) is 31.8. The van der Waals surface area contributed by atoms with Gasteiger partial charge in [-0.15, -0.1) is 0 Å². The summed E-state index contributed by atoms with van der Waals surface area (Å²) >= 11 is 0. The Bertz CT molecular complexity index is 1540. The maximum atomic E-state index is 14.8. The van der Waals surface area contributed by atoms with Crippen LogP contribution in [0.1, 0.15) is 37.3 Å². The van der Waals surface area contributed by atoms with Crippen molar-refractivity contribution in [2.45, 2.75) is 63.1 Å². The van der Waals surface area contributed by atoms with Crippen molar-refractivity contribution in [3.63, 3.8) is 0 Å². The molecule has 238 valence electrons. The van der Waals surface area contributed by atoms with Crippen LogP contribution in [0.2, 0.25) is 18.6 Å². The molecule has 3 aliphatic rings. The quantitative estimate of drug-likeness (QED) is 0.296. The number of amides is 2. The van der Waals surface area contributed by atoms with E-state index in [1.807, 2.05) is 65.6 Å². The van der Waals surface area contributed by atoms with Gasteiger partial charge in [-0.1, -0.05) is 67.7 Å². The number of nitrogens with one attached hydrogen (secondary N) is 2. The van der Waals surface area contributed by atoms with Gasteiger partial charge in [0.05, 0.1) is 39.4 Å². The van der Waals surface area contributed by atoms with Crippen molar-refractivity contribution >= 4 is 36.4 Å². The highest BCUT2D eigenvalue weighted by Gasteiger charge is 2.66. The number of anilines is 2. The monoisotopic (exact) mass is 627 g/mol. The summed E-state index contributed by atoms with van der Waals surface area (Å²) < 4.78 is 12.4. The Kier molecular flexibility index (Phi) is 8.89.